The maximum Gasteiger partial charge on any atom is 0.188 e. The summed E-state index contributed by atoms with van der Waals surface area (Å²) in [7, 11) is 0. The fourth-order valence-electron chi connectivity index (χ4n) is 4.42. The van der Waals surface area contributed by atoms with E-state index in [-0.39, 0.29) is 6.04 Å². The molecule has 1 fully saturated rings. The lowest BCUT2D eigenvalue weighted by atomic mass is 9.87. The van der Waals surface area contributed by atoms with Crippen LogP contribution in [0.15, 0.2) is 60.7 Å². The van der Waals surface area contributed by atoms with Crippen molar-refractivity contribution in [3.05, 3.63) is 66.2 Å². The second-order valence-corrected chi connectivity index (χ2v) is 7.83. The summed E-state index contributed by atoms with van der Waals surface area (Å²) in [6.07, 6.45) is 0.807. The Bertz CT molecular complexity index is 1070. The molecule has 0 spiro atoms. The number of nitrogens with zero attached hydrogens (tertiary/aromatic N) is 1. The Morgan fingerprint density at radius 1 is 1.14 bits per heavy atom. The monoisotopic (exact) mass is 390 g/mol. The lowest BCUT2D eigenvalue weighted by Gasteiger charge is -2.52. The molecule has 2 atom stereocenters. The molecule has 3 aromatic carbocycles. The smallest absolute Gasteiger partial charge is 0.188 e. The molecular weight excluding hydrogens is 368 g/mol. The van der Waals surface area contributed by atoms with E-state index in [0.717, 1.165) is 23.6 Å². The number of anilines is 1. The first kappa shape index (κ1) is 17.3. The summed E-state index contributed by atoms with van der Waals surface area (Å²) < 4.78 is 12.2. The Hall–Kier alpha value is -2.79. The van der Waals surface area contributed by atoms with Crippen molar-refractivity contribution in [2.24, 2.45) is 0 Å². The number of hydrogen-bond acceptors (Lipinski definition) is 3. The molecule has 2 aliphatic heterocycles. The highest BCUT2D eigenvalue weighted by molar-refractivity contribution is 7.80. The summed E-state index contributed by atoms with van der Waals surface area (Å²) in [4.78, 5) is 2.08. The van der Waals surface area contributed by atoms with Gasteiger partial charge in [0.25, 0.3) is 0 Å². The van der Waals surface area contributed by atoms with E-state index in [1.807, 2.05) is 31.2 Å². The number of fused-ring (bicyclic) bond motifs is 6. The predicted molar refractivity (Wildman–Crippen MR) is 116 cm³/mol. The number of nitrogens with one attached hydrogen (secondary N) is 1. The highest BCUT2D eigenvalue weighted by atomic mass is 32.1. The van der Waals surface area contributed by atoms with Crippen LogP contribution in [0.1, 0.15) is 31.9 Å². The summed E-state index contributed by atoms with van der Waals surface area (Å²) in [5.41, 5.74) is 1.64. The van der Waals surface area contributed by atoms with Crippen LogP contribution in [0.3, 0.4) is 0 Å². The summed E-state index contributed by atoms with van der Waals surface area (Å²) in [6, 6.07) is 20.8. The zero-order valence-electron chi connectivity index (χ0n) is 15.9. The summed E-state index contributed by atoms with van der Waals surface area (Å²) in [6.45, 7) is 4.74. The van der Waals surface area contributed by atoms with E-state index >= 15 is 0 Å². The number of benzene rings is 3. The molecule has 0 saturated carbocycles. The molecule has 5 heteroatoms. The zero-order valence-corrected chi connectivity index (χ0v) is 16.8. The molecule has 5 rings (SSSR count). The molecule has 2 heterocycles. The van der Waals surface area contributed by atoms with Crippen LogP contribution in [0.5, 0.6) is 11.5 Å². The van der Waals surface area contributed by atoms with Gasteiger partial charge in [0, 0.05) is 17.7 Å². The highest BCUT2D eigenvalue weighted by Gasteiger charge is 2.48. The third kappa shape index (κ3) is 2.61. The molecule has 0 aliphatic carbocycles. The number of rotatable bonds is 3. The molecule has 4 nitrogen and oxygen atoms in total. The van der Waals surface area contributed by atoms with Crippen molar-refractivity contribution in [2.75, 3.05) is 11.5 Å². The average Bonchev–Trinajstić information content (AvgIpc) is 2.68. The Labute approximate surface area is 170 Å². The van der Waals surface area contributed by atoms with Crippen LogP contribution < -0.4 is 19.7 Å². The maximum absolute atomic E-state index is 6.58. The Morgan fingerprint density at radius 2 is 1.93 bits per heavy atom. The van der Waals surface area contributed by atoms with Crippen LogP contribution in [-0.2, 0) is 0 Å². The van der Waals surface area contributed by atoms with Gasteiger partial charge in [-0.3, -0.25) is 4.90 Å². The van der Waals surface area contributed by atoms with Crippen molar-refractivity contribution in [3.63, 3.8) is 0 Å². The highest BCUT2D eigenvalue weighted by Crippen LogP contribution is 2.48. The fourth-order valence-corrected chi connectivity index (χ4v) is 4.86. The molecule has 2 unspecified atom stereocenters. The second-order valence-electron chi connectivity index (χ2n) is 7.44. The van der Waals surface area contributed by atoms with Crippen molar-refractivity contribution in [1.29, 1.82) is 0 Å². The zero-order chi connectivity index (χ0) is 19.3. The van der Waals surface area contributed by atoms with Gasteiger partial charge < -0.3 is 14.8 Å². The lowest BCUT2D eigenvalue weighted by Crippen LogP contribution is -2.65. The van der Waals surface area contributed by atoms with E-state index in [1.54, 1.807) is 0 Å². The van der Waals surface area contributed by atoms with Gasteiger partial charge in [-0.15, -0.1) is 0 Å². The minimum Gasteiger partial charge on any atom is -0.494 e. The number of hydrogen-bond donors (Lipinski definition) is 1. The van der Waals surface area contributed by atoms with Gasteiger partial charge in [-0.1, -0.05) is 30.3 Å². The third-order valence-corrected chi connectivity index (χ3v) is 5.87. The van der Waals surface area contributed by atoms with Crippen LogP contribution >= 0.6 is 12.2 Å². The summed E-state index contributed by atoms with van der Waals surface area (Å²) >= 11 is 5.77. The van der Waals surface area contributed by atoms with Gasteiger partial charge in [0.2, 0.25) is 0 Å². The number of ether oxygens (including phenoxy) is 2. The van der Waals surface area contributed by atoms with Crippen LogP contribution in [0.25, 0.3) is 10.8 Å². The normalized spacial score (nSPS) is 23.0. The molecule has 0 radical (unpaired) electrons. The quantitative estimate of drug-likeness (QED) is 0.624. The molecule has 0 amide bonds. The minimum atomic E-state index is -0.546. The lowest BCUT2D eigenvalue weighted by molar-refractivity contribution is 0.0505. The molecular formula is C23H22N2O2S. The van der Waals surface area contributed by atoms with E-state index in [4.69, 9.17) is 21.7 Å². The van der Waals surface area contributed by atoms with Crippen LogP contribution in [0.4, 0.5) is 5.69 Å². The van der Waals surface area contributed by atoms with Gasteiger partial charge in [-0.2, -0.15) is 0 Å². The second kappa shape index (κ2) is 6.38. The van der Waals surface area contributed by atoms with Crippen LogP contribution in [0.2, 0.25) is 0 Å². The van der Waals surface area contributed by atoms with Gasteiger partial charge in [0.1, 0.15) is 11.5 Å². The standard InChI is InChI=1S/C23H22N2O2S/c1-3-26-17-11-9-16(10-12-17)25-22(28)24-19-14-23(25,2)27-20-13-8-15-6-4-5-7-18(15)21(19)20/h4-13,19H,3,14H2,1-2H3,(H,24,28). The Morgan fingerprint density at radius 3 is 2.71 bits per heavy atom. The SMILES string of the molecule is CCOc1ccc(N2C(=S)NC3CC2(C)Oc2ccc4ccccc4c23)cc1. The van der Waals surface area contributed by atoms with Crippen molar-refractivity contribution in [2.45, 2.75) is 32.0 Å². The topological polar surface area (TPSA) is 33.7 Å². The van der Waals surface area contributed by atoms with Crippen molar-refractivity contribution in [1.82, 2.24) is 5.32 Å². The molecule has 28 heavy (non-hydrogen) atoms. The van der Waals surface area contributed by atoms with Crippen molar-refractivity contribution >= 4 is 33.8 Å². The van der Waals surface area contributed by atoms with E-state index in [9.17, 15) is 0 Å². The van der Waals surface area contributed by atoms with Gasteiger partial charge >= 0.3 is 0 Å². The maximum atomic E-state index is 6.58. The first-order chi connectivity index (χ1) is 13.6. The third-order valence-electron chi connectivity index (χ3n) is 5.57. The van der Waals surface area contributed by atoms with Gasteiger partial charge in [0.15, 0.2) is 10.8 Å². The van der Waals surface area contributed by atoms with Gasteiger partial charge in [0.05, 0.1) is 12.6 Å². The van der Waals surface area contributed by atoms with Crippen molar-refractivity contribution in [3.8, 4) is 11.5 Å². The van der Waals surface area contributed by atoms with E-state index < -0.39 is 5.72 Å². The predicted octanol–water partition coefficient (Wildman–Crippen LogP) is 5.17. The largest absolute Gasteiger partial charge is 0.494 e. The molecule has 3 aromatic rings. The molecule has 142 valence electrons. The van der Waals surface area contributed by atoms with E-state index in [2.05, 4.69) is 53.5 Å². The van der Waals surface area contributed by atoms with Gasteiger partial charge in [-0.05, 0) is 67.2 Å². The Kier molecular flexibility index (Phi) is 3.95. The molecule has 2 aliphatic rings. The van der Waals surface area contributed by atoms with Gasteiger partial charge in [-0.25, -0.2) is 0 Å². The van der Waals surface area contributed by atoms with E-state index in [0.29, 0.717) is 11.7 Å². The van der Waals surface area contributed by atoms with Crippen molar-refractivity contribution < 1.29 is 9.47 Å². The number of thiocarbonyl (C=S) groups is 1. The summed E-state index contributed by atoms with van der Waals surface area (Å²) in [5, 5.41) is 6.67. The molecule has 1 saturated heterocycles. The molecule has 0 aromatic heterocycles. The Balaban J connectivity index is 1.57. The van der Waals surface area contributed by atoms with Crippen LogP contribution in [-0.4, -0.2) is 17.4 Å². The first-order valence-corrected chi connectivity index (χ1v) is 10.0. The molecule has 2 bridgehead atoms. The summed E-state index contributed by atoms with van der Waals surface area (Å²) in [5.74, 6) is 1.77. The van der Waals surface area contributed by atoms with Crippen LogP contribution in [0, 0.1) is 0 Å². The molecule has 1 N–H and O–H groups in total. The first-order valence-electron chi connectivity index (χ1n) is 9.63. The fraction of sp³-hybridized carbons (Fsp3) is 0.261. The van der Waals surface area contributed by atoms with E-state index in [1.165, 1.54) is 16.3 Å². The average molecular weight is 391 g/mol. The minimum absolute atomic E-state index is 0.131.